The van der Waals surface area contributed by atoms with Crippen molar-refractivity contribution >= 4 is 35.8 Å². The first-order valence-corrected chi connectivity index (χ1v) is 8.92. The fourth-order valence-electron chi connectivity index (χ4n) is 2.65. The number of amides is 1. The van der Waals surface area contributed by atoms with Crippen LogP contribution >= 0.6 is 24.0 Å². The number of ether oxygens (including phenoxy) is 1. The van der Waals surface area contributed by atoms with Crippen LogP contribution in [0, 0.1) is 5.82 Å². The van der Waals surface area contributed by atoms with Crippen molar-refractivity contribution < 1.29 is 22.7 Å². The molecule has 2 rings (SSSR count). The van der Waals surface area contributed by atoms with Crippen molar-refractivity contribution in [2.75, 3.05) is 20.6 Å². The molecule has 0 saturated carbocycles. The minimum atomic E-state index is -3.04. The van der Waals surface area contributed by atoms with E-state index in [4.69, 9.17) is 0 Å². The van der Waals surface area contributed by atoms with E-state index in [1.165, 1.54) is 18.2 Å². The number of hydrogen-bond donors (Lipinski definition) is 3. The van der Waals surface area contributed by atoms with Crippen LogP contribution in [0.1, 0.15) is 21.5 Å². The van der Waals surface area contributed by atoms with E-state index in [1.807, 2.05) is 6.07 Å². The van der Waals surface area contributed by atoms with Crippen LogP contribution in [0.15, 0.2) is 47.5 Å². The third-order valence-electron chi connectivity index (χ3n) is 4.07. The standard InChI is InChI=1S/C20H23F3N4O2.HI/c1-24-18(28)14-6-3-5-13(11-14)9-10-26-20(25-2)27-12-15-16(21)7-4-8-17(15)29-19(22)23;/h3-8,11,19H,9-10,12H2,1-2H3,(H,24,28)(H2,25,26,27);1H. The van der Waals surface area contributed by atoms with E-state index in [-0.39, 0.29) is 47.7 Å². The summed E-state index contributed by atoms with van der Waals surface area (Å²) < 4.78 is 43.4. The zero-order valence-electron chi connectivity index (χ0n) is 16.5. The van der Waals surface area contributed by atoms with Crippen LogP contribution in [0.4, 0.5) is 13.2 Å². The van der Waals surface area contributed by atoms with Gasteiger partial charge in [-0.1, -0.05) is 18.2 Å². The molecule has 0 atom stereocenters. The molecule has 0 unspecified atom stereocenters. The molecule has 6 nitrogen and oxygen atoms in total. The number of guanidine groups is 1. The number of benzene rings is 2. The average molecular weight is 536 g/mol. The van der Waals surface area contributed by atoms with E-state index >= 15 is 0 Å². The first kappa shape index (κ1) is 25.5. The third-order valence-corrected chi connectivity index (χ3v) is 4.07. The van der Waals surface area contributed by atoms with Crippen molar-refractivity contribution in [3.8, 4) is 5.75 Å². The Morgan fingerprint density at radius 1 is 1.17 bits per heavy atom. The Morgan fingerprint density at radius 2 is 1.90 bits per heavy atom. The lowest BCUT2D eigenvalue weighted by atomic mass is 10.1. The Hall–Kier alpha value is -2.50. The maximum atomic E-state index is 14.0. The van der Waals surface area contributed by atoms with E-state index in [2.05, 4.69) is 25.7 Å². The molecule has 30 heavy (non-hydrogen) atoms. The van der Waals surface area contributed by atoms with Crippen LogP contribution in [0.3, 0.4) is 0 Å². The predicted molar refractivity (Wildman–Crippen MR) is 120 cm³/mol. The summed E-state index contributed by atoms with van der Waals surface area (Å²) in [5, 5.41) is 8.51. The molecule has 0 spiro atoms. The molecule has 0 heterocycles. The fraction of sp³-hybridized carbons (Fsp3) is 0.300. The van der Waals surface area contributed by atoms with Gasteiger partial charge in [0, 0.05) is 38.3 Å². The maximum Gasteiger partial charge on any atom is 0.387 e. The number of alkyl halides is 2. The molecule has 3 N–H and O–H groups in total. The van der Waals surface area contributed by atoms with Gasteiger partial charge < -0.3 is 20.7 Å². The molecule has 0 radical (unpaired) electrons. The molecule has 0 bridgehead atoms. The lowest BCUT2D eigenvalue weighted by Gasteiger charge is -2.15. The second kappa shape index (κ2) is 12.9. The van der Waals surface area contributed by atoms with E-state index < -0.39 is 12.4 Å². The highest BCUT2D eigenvalue weighted by molar-refractivity contribution is 14.0. The van der Waals surface area contributed by atoms with Gasteiger partial charge in [-0.05, 0) is 36.2 Å². The van der Waals surface area contributed by atoms with Gasteiger partial charge in [-0.3, -0.25) is 9.79 Å². The fourth-order valence-corrected chi connectivity index (χ4v) is 2.65. The molecular formula is C20H24F3IN4O2. The normalized spacial score (nSPS) is 10.9. The van der Waals surface area contributed by atoms with Crippen molar-refractivity contribution in [1.82, 2.24) is 16.0 Å². The van der Waals surface area contributed by atoms with E-state index in [1.54, 1.807) is 32.3 Å². The second-order valence-corrected chi connectivity index (χ2v) is 5.98. The molecule has 0 aliphatic heterocycles. The van der Waals surface area contributed by atoms with Crippen LogP contribution in [0.2, 0.25) is 0 Å². The molecule has 2 aromatic rings. The van der Waals surface area contributed by atoms with E-state index in [0.29, 0.717) is 24.5 Å². The summed E-state index contributed by atoms with van der Waals surface area (Å²) >= 11 is 0. The molecule has 0 saturated heterocycles. The second-order valence-electron chi connectivity index (χ2n) is 5.98. The summed E-state index contributed by atoms with van der Waals surface area (Å²) in [7, 11) is 3.11. The zero-order chi connectivity index (χ0) is 21.2. The summed E-state index contributed by atoms with van der Waals surface area (Å²) in [6.07, 6.45) is 0.616. The maximum absolute atomic E-state index is 14.0. The van der Waals surface area contributed by atoms with Crippen LogP contribution < -0.4 is 20.7 Å². The zero-order valence-corrected chi connectivity index (χ0v) is 18.9. The largest absolute Gasteiger partial charge is 0.434 e. The van der Waals surface area contributed by atoms with Gasteiger partial charge in [0.05, 0.1) is 0 Å². The average Bonchev–Trinajstić information content (AvgIpc) is 2.71. The monoisotopic (exact) mass is 536 g/mol. The Balaban J connectivity index is 0.00000450. The quantitative estimate of drug-likeness (QED) is 0.275. The smallest absolute Gasteiger partial charge is 0.387 e. The number of rotatable bonds is 8. The summed E-state index contributed by atoms with van der Waals surface area (Å²) in [5.74, 6) is -0.672. The van der Waals surface area contributed by atoms with Gasteiger partial charge in [-0.2, -0.15) is 8.78 Å². The summed E-state index contributed by atoms with van der Waals surface area (Å²) in [4.78, 5) is 15.7. The Bertz CT molecular complexity index is 866. The van der Waals surface area contributed by atoms with Crippen molar-refractivity contribution in [3.05, 3.63) is 65.0 Å². The Labute approximate surface area is 190 Å². The number of nitrogens with zero attached hydrogens (tertiary/aromatic N) is 1. The van der Waals surface area contributed by atoms with Crippen LogP contribution in [-0.4, -0.2) is 39.1 Å². The molecule has 0 aliphatic carbocycles. The van der Waals surface area contributed by atoms with Gasteiger partial charge >= 0.3 is 6.61 Å². The van der Waals surface area contributed by atoms with Crippen molar-refractivity contribution in [2.45, 2.75) is 19.6 Å². The third kappa shape index (κ3) is 7.73. The van der Waals surface area contributed by atoms with Crippen LogP contribution in [0.25, 0.3) is 0 Å². The number of carbonyl (C=O) groups excluding carboxylic acids is 1. The molecular weight excluding hydrogens is 512 g/mol. The summed E-state index contributed by atoms with van der Waals surface area (Å²) in [6.45, 7) is -2.63. The predicted octanol–water partition coefficient (Wildman–Crippen LogP) is 3.31. The van der Waals surface area contributed by atoms with Gasteiger partial charge in [-0.25, -0.2) is 4.39 Å². The number of nitrogens with one attached hydrogen (secondary N) is 3. The molecule has 164 valence electrons. The van der Waals surface area contributed by atoms with Crippen LogP contribution in [0.5, 0.6) is 5.75 Å². The number of hydrogen-bond acceptors (Lipinski definition) is 3. The number of aliphatic imine (C=N–C) groups is 1. The number of halogens is 4. The first-order chi connectivity index (χ1) is 13.9. The lowest BCUT2D eigenvalue weighted by Crippen LogP contribution is -2.38. The van der Waals surface area contributed by atoms with Crippen molar-refractivity contribution in [3.63, 3.8) is 0 Å². The molecule has 0 aliphatic rings. The summed E-state index contributed by atoms with van der Waals surface area (Å²) in [5.41, 5.74) is 1.50. The molecule has 0 fully saturated rings. The van der Waals surface area contributed by atoms with Crippen molar-refractivity contribution in [1.29, 1.82) is 0 Å². The minimum absolute atomic E-state index is 0. The van der Waals surface area contributed by atoms with Gasteiger partial charge in [0.15, 0.2) is 5.96 Å². The highest BCUT2D eigenvalue weighted by atomic mass is 127. The molecule has 1 amide bonds. The van der Waals surface area contributed by atoms with Gasteiger partial charge in [0.2, 0.25) is 0 Å². The Morgan fingerprint density at radius 3 is 2.57 bits per heavy atom. The van der Waals surface area contributed by atoms with Gasteiger partial charge in [-0.15, -0.1) is 24.0 Å². The minimum Gasteiger partial charge on any atom is -0.434 e. The number of carbonyl (C=O) groups is 1. The topological polar surface area (TPSA) is 74.8 Å². The van der Waals surface area contributed by atoms with E-state index in [9.17, 15) is 18.0 Å². The summed E-state index contributed by atoms with van der Waals surface area (Å²) in [6, 6.07) is 11.0. The SMILES string of the molecule is CN=C(NCCc1cccc(C(=O)NC)c1)NCc1c(F)cccc1OC(F)F.I. The lowest BCUT2D eigenvalue weighted by molar-refractivity contribution is -0.0506. The Kier molecular flexibility index (Phi) is 11.0. The molecule has 0 aromatic heterocycles. The first-order valence-electron chi connectivity index (χ1n) is 8.92. The van der Waals surface area contributed by atoms with Crippen molar-refractivity contribution in [2.24, 2.45) is 4.99 Å². The van der Waals surface area contributed by atoms with E-state index in [0.717, 1.165) is 5.56 Å². The van der Waals surface area contributed by atoms with Crippen LogP contribution in [-0.2, 0) is 13.0 Å². The highest BCUT2D eigenvalue weighted by Gasteiger charge is 2.14. The highest BCUT2D eigenvalue weighted by Crippen LogP contribution is 2.23. The molecule has 10 heteroatoms. The van der Waals surface area contributed by atoms with Gasteiger partial charge in [0.25, 0.3) is 5.91 Å². The van der Waals surface area contributed by atoms with Gasteiger partial charge in [0.1, 0.15) is 11.6 Å². The molecule has 2 aromatic carbocycles.